The van der Waals surface area contributed by atoms with Crippen LogP contribution in [0.1, 0.15) is 104 Å². The first-order valence-electron chi connectivity index (χ1n) is 37.2. The second-order valence-electron chi connectivity index (χ2n) is 30.8. The molecule has 2 aliphatic carbocycles. The van der Waals surface area contributed by atoms with Crippen molar-refractivity contribution < 1.29 is 82.8 Å². The van der Waals surface area contributed by atoms with Crippen LogP contribution in [-0.4, -0.2) is 240 Å². The summed E-state index contributed by atoms with van der Waals surface area (Å²) in [5.41, 5.74) is 17.8. The molecule has 2 unspecified atom stereocenters. The number of piperazine rings is 1. The lowest BCUT2D eigenvalue weighted by molar-refractivity contribution is -0.203. The minimum atomic E-state index is -2.31. The molecule has 10 aliphatic rings. The molecule has 1 spiro atoms. The number of esters is 1. The highest BCUT2D eigenvalue weighted by Crippen LogP contribution is 2.68. The number of aliphatic hydroxyl groups excluding tert-OH is 1. The third-order valence-electron chi connectivity index (χ3n) is 25.2. The summed E-state index contributed by atoms with van der Waals surface area (Å²) >= 11 is 0. The van der Waals surface area contributed by atoms with Crippen LogP contribution in [0.2, 0.25) is 0 Å². The molecule has 2 bridgehead atoms. The van der Waals surface area contributed by atoms with Gasteiger partial charge in [0.2, 0.25) is 17.5 Å². The smallest absolute Gasteiger partial charge is 0.404 e. The van der Waals surface area contributed by atoms with Crippen molar-refractivity contribution in [2.75, 3.05) is 90.2 Å². The zero-order valence-corrected chi connectivity index (χ0v) is 62.9. The summed E-state index contributed by atoms with van der Waals surface area (Å²) in [6.07, 6.45) is 5.62. The van der Waals surface area contributed by atoms with E-state index in [1.165, 1.54) is 39.5 Å². The molecule has 1 saturated carbocycles. The van der Waals surface area contributed by atoms with Crippen LogP contribution in [0.25, 0.3) is 22.1 Å². The zero-order valence-electron chi connectivity index (χ0n) is 62.9. The molecular weight excluding hydrogens is 1450 g/mol. The van der Waals surface area contributed by atoms with E-state index < -0.39 is 104 Å². The Bertz CT molecular complexity index is 5050. The van der Waals surface area contributed by atoms with Crippen molar-refractivity contribution in [1.82, 2.24) is 55.7 Å². The first-order valence-corrected chi connectivity index (χ1v) is 37.2. The predicted octanol–water partition coefficient (Wildman–Crippen LogP) is 0.541. The molecule has 6 aromatic rings. The molecule has 35 heteroatoms. The van der Waals surface area contributed by atoms with Gasteiger partial charge in [-0.1, -0.05) is 44.2 Å². The molecule has 3 amide bonds. The van der Waals surface area contributed by atoms with Crippen LogP contribution in [0.15, 0.2) is 106 Å². The molecule has 8 aliphatic heterocycles. The highest BCUT2D eigenvalue weighted by Gasteiger charge is 2.79. The van der Waals surface area contributed by atoms with E-state index in [1.54, 1.807) is 19.2 Å². The number of carbonyl (C=O) groups excluding carboxylic acids is 6. The summed E-state index contributed by atoms with van der Waals surface area (Å²) in [4.78, 5) is 139. The second-order valence-corrected chi connectivity index (χ2v) is 30.8. The number of anilines is 3. The lowest BCUT2D eigenvalue weighted by Gasteiger charge is -2.63. The number of ether oxygens (including phenoxy) is 4. The summed E-state index contributed by atoms with van der Waals surface area (Å²) in [5, 5.41) is 64.7. The number of carboxylic acids is 2. The second kappa shape index (κ2) is 29.0. The van der Waals surface area contributed by atoms with Gasteiger partial charge in [0.15, 0.2) is 22.5 Å². The number of nitrogens with two attached hydrogens (primary N) is 4. The van der Waals surface area contributed by atoms with Crippen molar-refractivity contribution in [3.63, 3.8) is 0 Å². The van der Waals surface area contributed by atoms with Gasteiger partial charge < -0.3 is 92.4 Å². The number of piperidine rings is 1. The fourth-order valence-corrected chi connectivity index (χ4v) is 20.2. The number of hydrazine groups is 1. The van der Waals surface area contributed by atoms with Gasteiger partial charge in [0.25, 0.3) is 17.4 Å². The van der Waals surface area contributed by atoms with Gasteiger partial charge in [-0.2, -0.15) is 4.98 Å². The van der Waals surface area contributed by atoms with Crippen molar-refractivity contribution in [3.05, 3.63) is 146 Å². The minimum absolute atomic E-state index is 0.0524. The number of aliphatic carboxylic acids is 2. The molecule has 35 nitrogen and oxygen atoms in total. The molecule has 4 saturated heterocycles. The number of H-pyrrole nitrogens is 2. The number of benzene rings is 3. The number of hydrogen-bond acceptors (Lipinski definition) is 28. The van der Waals surface area contributed by atoms with E-state index in [0.717, 1.165) is 40.0 Å². The molecule has 16 rings (SSSR count). The van der Waals surface area contributed by atoms with Gasteiger partial charge in [-0.3, -0.25) is 53.8 Å². The quantitative estimate of drug-likeness (QED) is 0.0106. The number of nitrogen functional groups attached to an aromatic ring is 1. The van der Waals surface area contributed by atoms with Crippen LogP contribution in [0, 0.1) is 17.3 Å². The van der Waals surface area contributed by atoms with Crippen LogP contribution in [0.3, 0.4) is 0 Å². The molecule has 5 fully saturated rings. The Hall–Kier alpha value is -10.9. The molecule has 0 radical (unpaired) electrons. The van der Waals surface area contributed by atoms with E-state index in [9.17, 15) is 53.7 Å². The summed E-state index contributed by atoms with van der Waals surface area (Å²) in [6.45, 7) is 9.51. The van der Waals surface area contributed by atoms with E-state index in [4.69, 9.17) is 52.2 Å². The zero-order chi connectivity index (χ0) is 80.2. The highest BCUT2D eigenvalue weighted by atomic mass is 16.6. The number of aliphatic hydroxyl groups is 3. The Morgan fingerprint density at radius 3 is 2.32 bits per heavy atom. The number of carboxylic acid groups (broad SMARTS) is 2. The summed E-state index contributed by atoms with van der Waals surface area (Å²) in [7, 11) is 6.41. The number of likely N-dealkylation sites (N-methyl/N-ethyl adjacent to an activating group) is 1. The van der Waals surface area contributed by atoms with Gasteiger partial charge >= 0.3 is 24.0 Å². The summed E-state index contributed by atoms with van der Waals surface area (Å²) in [5.74, 6) is 0.441. The van der Waals surface area contributed by atoms with Crippen molar-refractivity contribution >= 4 is 86.8 Å². The number of methoxy groups -OCH3 is 3. The molecule has 112 heavy (non-hydrogen) atoms. The number of aromatic nitrogens is 5. The minimum Gasteiger partial charge on any atom is -0.496 e. The third-order valence-corrected chi connectivity index (χ3v) is 25.2. The van der Waals surface area contributed by atoms with Gasteiger partial charge in [-0.15, -0.1) is 0 Å². The number of allylic oxidation sites excluding steroid dienone is 2. The lowest BCUT2D eigenvalue weighted by atomic mass is 9.47. The van der Waals surface area contributed by atoms with Gasteiger partial charge in [-0.25, -0.2) is 25.4 Å². The number of carbonyl (C=O) groups is 8. The Kier molecular flexibility index (Phi) is 20.1. The monoisotopic (exact) mass is 1540 g/mol. The Balaban J connectivity index is 0.000000156. The summed E-state index contributed by atoms with van der Waals surface area (Å²) < 4.78 is 23.0. The fraction of sp³-hybridized carbons (Fsp3) is 0.481. The first kappa shape index (κ1) is 77.8. The Morgan fingerprint density at radius 2 is 1.64 bits per heavy atom. The molecule has 11 heterocycles. The molecule has 3 aromatic heterocycles. The van der Waals surface area contributed by atoms with Crippen LogP contribution in [0.5, 0.6) is 5.75 Å². The number of ketones is 2. The lowest BCUT2D eigenvalue weighted by Crippen LogP contribution is -2.82. The number of para-hydroxylation sites is 1. The number of aromatic amines is 2. The molecule has 594 valence electrons. The largest absolute Gasteiger partial charge is 0.496 e. The van der Waals surface area contributed by atoms with Crippen molar-refractivity contribution in [2.24, 2.45) is 34.6 Å². The number of fused-ring (bicyclic) bond motifs is 11. The van der Waals surface area contributed by atoms with Crippen molar-refractivity contribution in [3.8, 4) is 5.75 Å². The SMILES string of the molecule is CC[C@]1(O)C[C@@H]2CN(CCc3c([nH]c4ccccc34)[C@@](C(=O)OC)(c3cc4c(cc3OC)N(C)[C@H]3[C@@](O)(C(=O)NN)[C@H](O)[C@]5(CC)C=CCN6CC[C@]43C65)C2)C1.CO[C@@]12[C@H](COC(N)=O)C3=C(C(=O)C(C)=C(N)C3=O)N1C[C@@H]1N[C@@H]12.Nc1nc2ncc(CNc3ccc(C(=O)N[C@@H](CCC(=O)O)C(=O)O)cc3)nc2c(=O)[nH]1. The van der Waals surface area contributed by atoms with Gasteiger partial charge in [0, 0.05) is 133 Å². The first-order chi connectivity index (χ1) is 53.4. The highest BCUT2D eigenvalue weighted by molar-refractivity contribution is 6.25. The number of amides is 3. The fourth-order valence-electron chi connectivity index (χ4n) is 20.2. The number of primary amides is 1. The number of nitrogens with one attached hydrogen (secondary N) is 6. The number of hydrogen-bond donors (Lipinski definition) is 15. The standard InChI is InChI=1S/C43H56N6O7.C19H19N7O6.C15H18N4O5/c1-6-39(53)21-25-22-42(38(52)56-5,33-27(13-17-48(23-25)24-39)26-11-8-9-12-30(26)45-33)29-19-28-31(20-32(29)55-4)47(3)35-41(28)15-18-49-16-10-14-40(7-2,34(41)49)36(50)43(35,54)37(51)46-44;20-19-25-15-14(17(30)26-19)23-11(8-22-15)7-21-10-3-1-9(2-4-10)16(29)24-12(18(31)32)5-6-13(27)28;1-5-9(16)12(21)8-6(4-24-14(17)22)15(23-2)13-7(18-13)3-19(15)10(8)11(5)20/h8-12,14,19-20,25,34-36,45,50,53-54H,6-7,13,15-18,21-24,44H2,1-5H3,(H,46,51);1-4,8,12,21H,5-7H2,(H,24,29)(H,27,28)(H,31,32)(H3,20,22,25,26,30);6-7,13,18H,3-4,16H2,1-2H3,(H2,17,22)/t25-,34?,35+,36+,39-,40+,41+,42-,43-;12-;6-,7+,13+,15-/m001/s1. The van der Waals surface area contributed by atoms with E-state index in [2.05, 4.69) is 68.2 Å². The predicted molar refractivity (Wildman–Crippen MR) is 403 cm³/mol. The van der Waals surface area contributed by atoms with Crippen molar-refractivity contribution in [2.45, 2.75) is 143 Å². The van der Waals surface area contributed by atoms with E-state index in [-0.39, 0.29) is 95.3 Å². The van der Waals surface area contributed by atoms with Gasteiger partial charge in [-0.05, 0) is 112 Å². The maximum Gasteiger partial charge on any atom is 0.404 e. The average molecular weight is 1540 g/mol. The van der Waals surface area contributed by atoms with Gasteiger partial charge in [0.1, 0.15) is 29.9 Å². The van der Waals surface area contributed by atoms with Gasteiger partial charge in [0.05, 0.1) is 67.7 Å². The van der Waals surface area contributed by atoms with E-state index >= 15 is 4.79 Å². The van der Waals surface area contributed by atoms with Crippen LogP contribution < -0.4 is 59.6 Å². The van der Waals surface area contributed by atoms with Crippen LogP contribution >= 0.6 is 0 Å². The Labute approximate surface area is 641 Å². The topological polar surface area (TPSA) is 537 Å². The maximum atomic E-state index is 15.2. The molecule has 15 atom stereocenters. The number of nitrogens with zero attached hydrogens (tertiary/aromatic N) is 7. The maximum absolute atomic E-state index is 15.2. The van der Waals surface area contributed by atoms with E-state index in [0.29, 0.717) is 99.6 Å². The normalized spacial score (nSPS) is 30.4. The number of rotatable bonds is 18. The van der Waals surface area contributed by atoms with Crippen LogP contribution in [0.4, 0.5) is 22.1 Å². The molecular formula is C77H93N17O18. The molecule has 3 aromatic carbocycles. The van der Waals surface area contributed by atoms with Crippen LogP contribution in [-0.2, 0) is 66.8 Å². The average Bonchev–Trinajstić information content (AvgIpc) is 1.46. The van der Waals surface area contributed by atoms with E-state index in [1.807, 2.05) is 67.1 Å². The number of Topliss-reactive ketones (excluding diaryl/α,β-unsaturated/α-hetero) is 2. The Morgan fingerprint density at radius 1 is 0.893 bits per heavy atom. The molecule has 19 N–H and O–H groups in total. The summed E-state index contributed by atoms with van der Waals surface area (Å²) in [6, 6.07) is 16.0. The van der Waals surface area contributed by atoms with Crippen molar-refractivity contribution in [1.29, 1.82) is 0 Å². The third kappa shape index (κ3) is 12.2.